The van der Waals surface area contributed by atoms with E-state index in [1.165, 1.54) is 0 Å². The van der Waals surface area contributed by atoms with E-state index < -0.39 is 0 Å². The van der Waals surface area contributed by atoms with Crippen LogP contribution in [-0.4, -0.2) is 90.8 Å². The zero-order valence-electron chi connectivity index (χ0n) is 33.1. The molecular formula is C43H46N14O2. The minimum absolute atomic E-state index is 0.0943. The van der Waals surface area contributed by atoms with Crippen molar-refractivity contribution in [1.82, 2.24) is 39.2 Å². The Morgan fingerprint density at radius 2 is 1.24 bits per heavy atom. The van der Waals surface area contributed by atoms with Crippen molar-refractivity contribution in [3.63, 3.8) is 0 Å². The van der Waals surface area contributed by atoms with Crippen LogP contribution in [0, 0.1) is 13.8 Å². The normalized spacial score (nSPS) is 12.6. The fraction of sp³-hybridized carbons (Fsp3) is 0.209. The van der Waals surface area contributed by atoms with E-state index in [1.54, 1.807) is 27.6 Å². The Morgan fingerprint density at radius 3 is 1.71 bits per heavy atom. The molecule has 2 aromatic carbocycles. The van der Waals surface area contributed by atoms with Crippen molar-refractivity contribution in [2.45, 2.75) is 13.8 Å². The number of pyridine rings is 2. The van der Waals surface area contributed by atoms with Crippen LogP contribution in [0.25, 0.3) is 33.8 Å². The Morgan fingerprint density at radius 1 is 0.695 bits per heavy atom. The molecule has 6 aromatic heterocycles. The number of hydrogen-bond acceptors (Lipinski definition) is 14. The smallest absolute Gasteiger partial charge is 0.157 e. The number of benzene rings is 2. The summed E-state index contributed by atoms with van der Waals surface area (Å²) in [7, 11) is 1.91. The molecule has 0 saturated carbocycles. The van der Waals surface area contributed by atoms with E-state index >= 15 is 0 Å². The van der Waals surface area contributed by atoms with Gasteiger partial charge in [0, 0.05) is 73.4 Å². The van der Waals surface area contributed by atoms with Crippen LogP contribution in [0.15, 0.2) is 110 Å². The van der Waals surface area contributed by atoms with Crippen LogP contribution in [0.4, 0.5) is 46.0 Å². The molecule has 0 unspecified atom stereocenters. The average molecular weight is 791 g/mol. The van der Waals surface area contributed by atoms with Crippen LogP contribution in [-0.2, 0) is 4.74 Å². The van der Waals surface area contributed by atoms with Gasteiger partial charge in [-0.1, -0.05) is 24.3 Å². The van der Waals surface area contributed by atoms with E-state index in [0.717, 1.165) is 111 Å². The fourth-order valence-corrected chi connectivity index (χ4v) is 6.60. The first-order valence-corrected chi connectivity index (χ1v) is 19.3. The molecular weight excluding hydrogens is 745 g/mol. The molecule has 1 aliphatic heterocycles. The van der Waals surface area contributed by atoms with Gasteiger partial charge in [-0.15, -0.1) is 0 Å². The van der Waals surface area contributed by atoms with E-state index in [1.807, 2.05) is 111 Å². The molecule has 0 aliphatic carbocycles. The number of fused-ring (bicyclic) bond motifs is 2. The Bertz CT molecular complexity index is 2690. The van der Waals surface area contributed by atoms with Crippen molar-refractivity contribution in [3.8, 4) is 22.5 Å². The number of aliphatic hydroxyl groups excluding tert-OH is 1. The molecule has 0 spiro atoms. The first kappa shape index (κ1) is 38.6. The molecule has 16 heteroatoms. The van der Waals surface area contributed by atoms with Gasteiger partial charge in [0.05, 0.1) is 67.4 Å². The maximum atomic E-state index is 9.08. The van der Waals surface area contributed by atoms with Crippen LogP contribution >= 0.6 is 0 Å². The van der Waals surface area contributed by atoms with Crippen molar-refractivity contribution in [3.05, 3.63) is 121 Å². The van der Waals surface area contributed by atoms with Crippen LogP contribution in [0.3, 0.4) is 0 Å². The predicted molar refractivity (Wildman–Crippen MR) is 234 cm³/mol. The number of aromatic nitrogens is 8. The van der Waals surface area contributed by atoms with Crippen LogP contribution in [0.1, 0.15) is 11.1 Å². The van der Waals surface area contributed by atoms with Gasteiger partial charge in [-0.2, -0.15) is 19.2 Å². The van der Waals surface area contributed by atoms with Crippen molar-refractivity contribution in [2.24, 2.45) is 0 Å². The largest absolute Gasteiger partial charge is 0.398 e. The second-order valence-electron chi connectivity index (χ2n) is 14.2. The first-order chi connectivity index (χ1) is 28.7. The number of aliphatic hydroxyl groups is 1. The lowest BCUT2D eigenvalue weighted by Crippen LogP contribution is -2.36. The van der Waals surface area contributed by atoms with Gasteiger partial charge in [-0.25, -0.2) is 19.9 Å². The number of hydrogen-bond donors (Lipinski definition) is 5. The van der Waals surface area contributed by atoms with Crippen molar-refractivity contribution < 1.29 is 9.84 Å². The standard InChI is InChI=1S/C22H23N7O.C21H23N7O/c1-15-2-3-16(12-18(15)23)19-13-22(29-21(26-19)6-7-25-29)27-20-5-4-17(14-24-20)28-8-10-30-11-9-28;1-14-3-4-15(11-17(14)22)18-12-21(28-20(25-18)7-8-24-28)26-19-6-5-16(13-23-19)27(2)9-10-29/h2-7,12-14H,8-11,23H2,1H3,(H,24,27);3-8,11-13,29H,9-10,22H2,1-2H3,(H,23,26). The fourth-order valence-electron chi connectivity index (χ4n) is 6.60. The molecule has 1 saturated heterocycles. The summed E-state index contributed by atoms with van der Waals surface area (Å²) >= 11 is 0. The Labute approximate surface area is 341 Å². The van der Waals surface area contributed by atoms with E-state index in [0.29, 0.717) is 12.4 Å². The minimum Gasteiger partial charge on any atom is -0.398 e. The van der Waals surface area contributed by atoms with E-state index in [4.69, 9.17) is 31.3 Å². The Hall–Kier alpha value is -7.30. The molecule has 0 bridgehead atoms. The third-order valence-corrected chi connectivity index (χ3v) is 10.1. The van der Waals surface area contributed by atoms with Gasteiger partial charge in [0.25, 0.3) is 0 Å². The number of aryl methyl sites for hydroxylation is 2. The third-order valence-electron chi connectivity index (χ3n) is 10.1. The lowest BCUT2D eigenvalue weighted by Gasteiger charge is -2.28. The van der Waals surface area contributed by atoms with Crippen molar-refractivity contribution in [1.29, 1.82) is 0 Å². The lowest BCUT2D eigenvalue weighted by atomic mass is 10.1. The number of morpholine rings is 1. The van der Waals surface area contributed by atoms with Crippen LogP contribution < -0.4 is 31.9 Å². The summed E-state index contributed by atoms with van der Waals surface area (Å²) < 4.78 is 8.91. The van der Waals surface area contributed by atoms with Gasteiger partial charge >= 0.3 is 0 Å². The monoisotopic (exact) mass is 790 g/mol. The first-order valence-electron chi connectivity index (χ1n) is 19.3. The number of nitrogens with two attached hydrogens (primary N) is 2. The lowest BCUT2D eigenvalue weighted by molar-refractivity contribution is 0.122. The van der Waals surface area contributed by atoms with Gasteiger partial charge in [0.15, 0.2) is 11.3 Å². The zero-order chi connectivity index (χ0) is 40.9. The molecule has 9 rings (SSSR count). The molecule has 0 atom stereocenters. The number of nitrogens with zero attached hydrogens (tertiary/aromatic N) is 10. The predicted octanol–water partition coefficient (Wildman–Crippen LogP) is 6.12. The molecule has 7 N–H and O–H groups in total. The summed E-state index contributed by atoms with van der Waals surface area (Å²) in [6.45, 7) is 7.89. The van der Waals surface area contributed by atoms with Crippen LogP contribution in [0.2, 0.25) is 0 Å². The quantitative estimate of drug-likeness (QED) is 0.0994. The summed E-state index contributed by atoms with van der Waals surface area (Å²) in [5.74, 6) is 2.96. The summed E-state index contributed by atoms with van der Waals surface area (Å²) in [6, 6.07) is 27.4. The molecule has 16 nitrogen and oxygen atoms in total. The van der Waals surface area contributed by atoms with Crippen LogP contribution in [0.5, 0.6) is 0 Å². The highest BCUT2D eigenvalue weighted by molar-refractivity contribution is 5.73. The highest BCUT2D eigenvalue weighted by Crippen LogP contribution is 2.29. The summed E-state index contributed by atoms with van der Waals surface area (Å²) in [6.07, 6.45) is 7.09. The molecule has 0 amide bonds. The molecule has 1 aliphatic rings. The third kappa shape index (κ3) is 8.68. The number of anilines is 8. The molecule has 300 valence electrons. The molecule has 0 radical (unpaired) electrons. The molecule has 59 heavy (non-hydrogen) atoms. The van der Waals surface area contributed by atoms with Gasteiger partial charge in [0.1, 0.15) is 23.3 Å². The number of rotatable bonds is 10. The average Bonchev–Trinajstić information content (AvgIpc) is 3.95. The molecule has 7 heterocycles. The highest BCUT2D eigenvalue weighted by Gasteiger charge is 2.14. The number of nitrogens with one attached hydrogen (secondary N) is 2. The number of likely N-dealkylation sites (N-methyl/N-ethyl adjacent to an activating group) is 1. The van der Waals surface area contributed by atoms with Crippen molar-refractivity contribution in [2.75, 3.05) is 78.4 Å². The molecule has 1 fully saturated rings. The second kappa shape index (κ2) is 17.1. The Balaban J connectivity index is 0.000000164. The maximum absolute atomic E-state index is 9.08. The number of ether oxygens (including phenoxy) is 1. The SMILES string of the molecule is Cc1ccc(-c2cc(Nc3ccc(N(C)CCO)cn3)n3nccc3n2)cc1N.Cc1ccc(-c2cc(Nc3ccc(N4CCOCC4)cn3)n3nccc3n2)cc1N. The Kier molecular flexibility index (Phi) is 11.1. The molecule has 8 aromatic rings. The zero-order valence-corrected chi connectivity index (χ0v) is 33.1. The summed E-state index contributed by atoms with van der Waals surface area (Å²) in [4.78, 5) is 22.7. The van der Waals surface area contributed by atoms with Gasteiger partial charge in [-0.3, -0.25) is 0 Å². The maximum Gasteiger partial charge on any atom is 0.157 e. The van der Waals surface area contributed by atoms with Gasteiger partial charge in [-0.05, 0) is 61.4 Å². The van der Waals surface area contributed by atoms with E-state index in [2.05, 4.69) is 41.8 Å². The second-order valence-corrected chi connectivity index (χ2v) is 14.2. The van der Waals surface area contributed by atoms with E-state index in [-0.39, 0.29) is 6.61 Å². The van der Waals surface area contributed by atoms with Crippen molar-refractivity contribution >= 4 is 57.3 Å². The van der Waals surface area contributed by atoms with E-state index in [9.17, 15) is 0 Å². The summed E-state index contributed by atoms with van der Waals surface area (Å²) in [5.41, 5.74) is 22.8. The number of nitrogen functional groups attached to an aromatic ring is 2. The van der Waals surface area contributed by atoms with Gasteiger partial charge in [0.2, 0.25) is 0 Å². The minimum atomic E-state index is 0.0943. The topological polar surface area (TPSA) is 198 Å². The highest BCUT2D eigenvalue weighted by atomic mass is 16.5. The summed E-state index contributed by atoms with van der Waals surface area (Å²) in [5, 5.41) is 24.5. The van der Waals surface area contributed by atoms with Gasteiger partial charge < -0.3 is 41.7 Å².